The summed E-state index contributed by atoms with van der Waals surface area (Å²) in [4.78, 5) is 2.36. The molecule has 0 saturated heterocycles. The van der Waals surface area contributed by atoms with Crippen LogP contribution in [0.25, 0.3) is 5.57 Å². The Morgan fingerprint density at radius 2 is 1.72 bits per heavy atom. The molecule has 0 atom stereocenters. The zero-order valence-electron chi connectivity index (χ0n) is 18.3. The molecular formula is C28H31N. The minimum absolute atomic E-state index is 0.144. The highest BCUT2D eigenvalue weighted by Gasteiger charge is 2.39. The minimum atomic E-state index is -0.144. The Labute approximate surface area is 176 Å². The third-order valence-corrected chi connectivity index (χ3v) is 5.75. The number of benzene rings is 2. The number of aryl methyl sites for hydroxylation is 1. The molecular weight excluding hydrogens is 350 g/mol. The summed E-state index contributed by atoms with van der Waals surface area (Å²) in [6, 6.07) is 15.1. The Morgan fingerprint density at radius 1 is 1.03 bits per heavy atom. The van der Waals surface area contributed by atoms with Crippen LogP contribution >= 0.6 is 0 Å². The van der Waals surface area contributed by atoms with Gasteiger partial charge in [0.25, 0.3) is 0 Å². The largest absolute Gasteiger partial charge is 0.314 e. The molecule has 0 unspecified atom stereocenters. The van der Waals surface area contributed by atoms with E-state index in [4.69, 9.17) is 0 Å². The van der Waals surface area contributed by atoms with Crippen molar-refractivity contribution in [2.75, 3.05) is 4.90 Å². The molecule has 29 heavy (non-hydrogen) atoms. The topological polar surface area (TPSA) is 3.24 Å². The molecule has 0 saturated carbocycles. The number of rotatable bonds is 6. The van der Waals surface area contributed by atoms with Gasteiger partial charge in [-0.1, -0.05) is 81.6 Å². The van der Waals surface area contributed by atoms with Crippen molar-refractivity contribution < 1.29 is 0 Å². The summed E-state index contributed by atoms with van der Waals surface area (Å²) in [7, 11) is 0. The molecule has 0 spiro atoms. The molecule has 148 valence electrons. The molecule has 0 aromatic heterocycles. The standard InChI is InChI=1S/C28H31N/c1-8-14-21(5)29(22-16-12-11-13-17-22)27-20(4)18-19-24-23(15-9-2)25(10-3)28(6,7)26(24)27/h8-19H,1,3H2,2,4-7H3/b15-9-,21-14+. The van der Waals surface area contributed by atoms with Crippen molar-refractivity contribution in [1.29, 1.82) is 0 Å². The van der Waals surface area contributed by atoms with E-state index in [1.54, 1.807) is 0 Å². The molecule has 1 nitrogen and oxygen atoms in total. The maximum atomic E-state index is 4.14. The summed E-state index contributed by atoms with van der Waals surface area (Å²) < 4.78 is 0. The van der Waals surface area contributed by atoms with Gasteiger partial charge in [0.2, 0.25) is 0 Å². The minimum Gasteiger partial charge on any atom is -0.314 e. The number of para-hydroxylation sites is 1. The predicted octanol–water partition coefficient (Wildman–Crippen LogP) is 8.03. The lowest BCUT2D eigenvalue weighted by Crippen LogP contribution is -2.24. The Bertz CT molecular complexity index is 1030. The molecule has 0 aliphatic heterocycles. The van der Waals surface area contributed by atoms with Crippen molar-refractivity contribution in [2.45, 2.75) is 40.0 Å². The normalized spacial score (nSPS) is 15.6. The zero-order chi connectivity index (χ0) is 21.2. The van der Waals surface area contributed by atoms with Crippen LogP contribution in [0.5, 0.6) is 0 Å². The third kappa shape index (κ3) is 3.42. The van der Waals surface area contributed by atoms with Crippen LogP contribution in [0.2, 0.25) is 0 Å². The SMILES string of the molecule is C=C/C=C(\C)N(c1ccccc1)c1c(C)ccc2c1C(C)(C)C(C=C)=C2/C=C\C. The third-order valence-electron chi connectivity index (χ3n) is 5.75. The Balaban J connectivity index is 2.40. The van der Waals surface area contributed by atoms with Gasteiger partial charge in [0.1, 0.15) is 0 Å². The summed E-state index contributed by atoms with van der Waals surface area (Å²) in [6.45, 7) is 19.1. The molecule has 0 bridgehead atoms. The average molecular weight is 382 g/mol. The van der Waals surface area contributed by atoms with Crippen molar-refractivity contribution in [3.63, 3.8) is 0 Å². The van der Waals surface area contributed by atoms with Gasteiger partial charge in [-0.3, -0.25) is 0 Å². The van der Waals surface area contributed by atoms with Gasteiger partial charge in [0.05, 0.1) is 5.69 Å². The van der Waals surface area contributed by atoms with Gasteiger partial charge in [-0.15, -0.1) is 0 Å². The smallest absolute Gasteiger partial charge is 0.0534 e. The second-order valence-corrected chi connectivity index (χ2v) is 8.02. The van der Waals surface area contributed by atoms with E-state index in [0.29, 0.717) is 0 Å². The van der Waals surface area contributed by atoms with E-state index in [2.05, 4.69) is 113 Å². The lowest BCUT2D eigenvalue weighted by atomic mass is 9.79. The molecule has 1 aliphatic rings. The number of nitrogens with zero attached hydrogens (tertiary/aromatic N) is 1. The highest BCUT2D eigenvalue weighted by atomic mass is 15.2. The van der Waals surface area contributed by atoms with E-state index in [9.17, 15) is 0 Å². The fraction of sp³-hybridized carbons (Fsp3) is 0.214. The van der Waals surface area contributed by atoms with Crippen LogP contribution in [0.3, 0.4) is 0 Å². The van der Waals surface area contributed by atoms with Gasteiger partial charge in [-0.2, -0.15) is 0 Å². The van der Waals surface area contributed by atoms with Crippen molar-refractivity contribution in [2.24, 2.45) is 0 Å². The quantitative estimate of drug-likeness (QED) is 0.458. The lowest BCUT2D eigenvalue weighted by molar-refractivity contribution is 0.653. The van der Waals surface area contributed by atoms with Crippen LogP contribution in [0.15, 0.2) is 97.3 Å². The number of allylic oxidation sites excluding steroid dienone is 8. The molecule has 3 rings (SSSR count). The highest BCUT2D eigenvalue weighted by Crippen LogP contribution is 2.53. The number of hydrogen-bond donors (Lipinski definition) is 0. The van der Waals surface area contributed by atoms with Crippen LogP contribution in [-0.4, -0.2) is 0 Å². The maximum Gasteiger partial charge on any atom is 0.0534 e. The molecule has 1 heteroatoms. The zero-order valence-corrected chi connectivity index (χ0v) is 18.3. The molecule has 0 heterocycles. The van der Waals surface area contributed by atoms with E-state index in [0.717, 1.165) is 11.4 Å². The molecule has 0 fully saturated rings. The Kier molecular flexibility index (Phi) is 5.79. The average Bonchev–Trinajstić information content (AvgIpc) is 2.91. The van der Waals surface area contributed by atoms with Crippen molar-refractivity contribution in [3.05, 3.63) is 114 Å². The first kappa shape index (κ1) is 20.7. The van der Waals surface area contributed by atoms with Gasteiger partial charge in [-0.05, 0) is 66.8 Å². The van der Waals surface area contributed by atoms with Crippen molar-refractivity contribution in [1.82, 2.24) is 0 Å². The second-order valence-electron chi connectivity index (χ2n) is 8.02. The van der Waals surface area contributed by atoms with Crippen LogP contribution in [0.1, 0.15) is 44.4 Å². The van der Waals surface area contributed by atoms with Gasteiger partial charge in [0, 0.05) is 16.8 Å². The molecule has 2 aromatic rings. The first-order valence-electron chi connectivity index (χ1n) is 10.2. The molecule has 0 radical (unpaired) electrons. The first-order valence-corrected chi connectivity index (χ1v) is 10.2. The summed E-state index contributed by atoms with van der Waals surface area (Å²) >= 11 is 0. The summed E-state index contributed by atoms with van der Waals surface area (Å²) in [6.07, 6.45) is 10.3. The Hall–Kier alpha value is -3.06. The monoisotopic (exact) mass is 381 g/mol. The maximum absolute atomic E-state index is 4.14. The van der Waals surface area contributed by atoms with Crippen LogP contribution in [0, 0.1) is 6.92 Å². The number of anilines is 2. The van der Waals surface area contributed by atoms with Crippen LogP contribution < -0.4 is 4.90 Å². The molecule has 1 aliphatic carbocycles. The second kappa shape index (κ2) is 8.13. The number of hydrogen-bond acceptors (Lipinski definition) is 1. The Morgan fingerprint density at radius 3 is 2.31 bits per heavy atom. The van der Waals surface area contributed by atoms with E-state index in [-0.39, 0.29) is 5.41 Å². The van der Waals surface area contributed by atoms with Crippen molar-refractivity contribution in [3.8, 4) is 0 Å². The summed E-state index contributed by atoms with van der Waals surface area (Å²) in [5.74, 6) is 0. The van der Waals surface area contributed by atoms with Gasteiger partial charge >= 0.3 is 0 Å². The van der Waals surface area contributed by atoms with Gasteiger partial charge < -0.3 is 4.90 Å². The highest BCUT2D eigenvalue weighted by molar-refractivity contribution is 5.93. The van der Waals surface area contributed by atoms with Gasteiger partial charge in [0.15, 0.2) is 0 Å². The number of fused-ring (bicyclic) bond motifs is 1. The predicted molar refractivity (Wildman–Crippen MR) is 129 cm³/mol. The molecule has 0 N–H and O–H groups in total. The fourth-order valence-electron chi connectivity index (χ4n) is 4.50. The fourth-order valence-corrected chi connectivity index (χ4v) is 4.50. The van der Waals surface area contributed by atoms with E-state index >= 15 is 0 Å². The summed E-state index contributed by atoms with van der Waals surface area (Å²) in [5, 5.41) is 0. The van der Waals surface area contributed by atoms with Crippen LogP contribution in [-0.2, 0) is 5.41 Å². The van der Waals surface area contributed by atoms with Gasteiger partial charge in [-0.25, -0.2) is 0 Å². The summed E-state index contributed by atoms with van der Waals surface area (Å²) in [5.41, 5.74) is 9.81. The van der Waals surface area contributed by atoms with Crippen molar-refractivity contribution >= 4 is 16.9 Å². The van der Waals surface area contributed by atoms with E-state index in [1.165, 1.54) is 33.5 Å². The van der Waals surface area contributed by atoms with E-state index < -0.39 is 0 Å². The van der Waals surface area contributed by atoms with Crippen LogP contribution in [0.4, 0.5) is 11.4 Å². The van der Waals surface area contributed by atoms with E-state index in [1.807, 2.05) is 12.2 Å². The lowest BCUT2D eigenvalue weighted by Gasteiger charge is -2.34. The molecule has 0 amide bonds. The molecule has 2 aromatic carbocycles. The first-order chi connectivity index (χ1) is 13.9.